The molecule has 1 aromatic rings. The number of aliphatic hydroxyl groups excluding tert-OH is 1. The molecule has 0 bridgehead atoms. The highest BCUT2D eigenvalue weighted by Gasteiger charge is 2.18. The first-order valence-electron chi connectivity index (χ1n) is 5.74. The van der Waals surface area contributed by atoms with Crippen molar-refractivity contribution in [3.05, 3.63) is 41.5 Å². The fourth-order valence-electron chi connectivity index (χ4n) is 1.19. The van der Waals surface area contributed by atoms with Crippen molar-refractivity contribution in [1.29, 1.82) is 0 Å². The van der Waals surface area contributed by atoms with Gasteiger partial charge in [-0.25, -0.2) is 0 Å². The lowest BCUT2D eigenvalue weighted by atomic mass is 10.4. The van der Waals surface area contributed by atoms with E-state index < -0.39 is 8.32 Å². The lowest BCUT2D eigenvalue weighted by molar-refractivity contribution is 0.301. The molecular weight excluding hydrogens is 248 g/mol. The Kier molecular flexibility index (Phi) is 5.81. The lowest BCUT2D eigenvalue weighted by Crippen LogP contribution is -2.24. The van der Waals surface area contributed by atoms with Gasteiger partial charge in [-0.15, -0.1) is 0 Å². The van der Waals surface area contributed by atoms with E-state index in [0.717, 1.165) is 9.99 Å². The Morgan fingerprint density at radius 3 is 2.47 bits per heavy atom. The molecule has 17 heavy (non-hydrogen) atoms. The van der Waals surface area contributed by atoms with Gasteiger partial charge in [0, 0.05) is 11.5 Å². The summed E-state index contributed by atoms with van der Waals surface area (Å²) in [5, 5.41) is 9.79. The third kappa shape index (κ3) is 6.56. The molecule has 0 aliphatic rings. The first-order valence-corrected chi connectivity index (χ1v) is 9.97. The highest BCUT2D eigenvalue weighted by atomic mass is 32.2. The third-order valence-electron chi connectivity index (χ3n) is 1.81. The molecule has 1 rings (SSSR count). The van der Waals surface area contributed by atoms with Crippen molar-refractivity contribution >= 4 is 20.1 Å². The zero-order chi connectivity index (χ0) is 12.7. The summed E-state index contributed by atoms with van der Waals surface area (Å²) < 4.78 is 6.00. The molecule has 0 unspecified atom stereocenters. The van der Waals surface area contributed by atoms with Gasteiger partial charge in [0.25, 0.3) is 0 Å². The molecule has 0 aliphatic carbocycles. The van der Waals surface area contributed by atoms with E-state index in [1.54, 1.807) is 11.8 Å². The predicted octanol–water partition coefficient (Wildman–Crippen LogP) is 3.85. The minimum absolute atomic E-state index is 0.161. The third-order valence-corrected chi connectivity index (χ3v) is 3.75. The van der Waals surface area contributed by atoms with E-state index in [1.807, 2.05) is 24.3 Å². The standard InChI is InChI=1S/C13H20O2SSi/c1-17(2,3)15-13(10-7-11-14)16-12-8-5-4-6-9-12/h4-6,8-10,14H,7,11H2,1-3H3/b13-10+. The van der Waals surface area contributed by atoms with E-state index in [-0.39, 0.29) is 6.61 Å². The van der Waals surface area contributed by atoms with Crippen LogP contribution in [0.2, 0.25) is 19.6 Å². The summed E-state index contributed by atoms with van der Waals surface area (Å²) in [4.78, 5) is 1.16. The van der Waals surface area contributed by atoms with Crippen LogP contribution in [0, 0.1) is 0 Å². The Morgan fingerprint density at radius 2 is 1.94 bits per heavy atom. The summed E-state index contributed by atoms with van der Waals surface area (Å²) >= 11 is 1.62. The molecule has 1 N–H and O–H groups in total. The van der Waals surface area contributed by atoms with Crippen LogP contribution >= 0.6 is 11.8 Å². The smallest absolute Gasteiger partial charge is 0.242 e. The minimum Gasteiger partial charge on any atom is -0.540 e. The molecule has 0 amide bonds. The summed E-state index contributed by atoms with van der Waals surface area (Å²) in [7, 11) is -1.59. The molecule has 0 spiro atoms. The van der Waals surface area contributed by atoms with E-state index in [9.17, 15) is 0 Å². The molecule has 0 aliphatic heterocycles. The van der Waals surface area contributed by atoms with Crippen LogP contribution in [0.4, 0.5) is 0 Å². The molecule has 1 aromatic carbocycles. The second kappa shape index (κ2) is 6.89. The van der Waals surface area contributed by atoms with Gasteiger partial charge in [-0.05, 0) is 44.3 Å². The summed E-state index contributed by atoms with van der Waals surface area (Å²) in [6.07, 6.45) is 2.61. The monoisotopic (exact) mass is 268 g/mol. The fourth-order valence-corrected chi connectivity index (χ4v) is 3.52. The van der Waals surface area contributed by atoms with Crippen LogP contribution in [0.3, 0.4) is 0 Å². The van der Waals surface area contributed by atoms with Crippen molar-refractivity contribution < 1.29 is 9.53 Å². The van der Waals surface area contributed by atoms with E-state index in [1.165, 1.54) is 0 Å². The van der Waals surface area contributed by atoms with Gasteiger partial charge in [0.15, 0.2) is 0 Å². The van der Waals surface area contributed by atoms with Gasteiger partial charge < -0.3 is 9.53 Å². The van der Waals surface area contributed by atoms with Crippen LogP contribution in [0.25, 0.3) is 0 Å². The van der Waals surface area contributed by atoms with E-state index in [0.29, 0.717) is 6.42 Å². The minimum atomic E-state index is -1.59. The fraction of sp³-hybridized carbons (Fsp3) is 0.385. The average molecular weight is 268 g/mol. The van der Waals surface area contributed by atoms with E-state index >= 15 is 0 Å². The maximum atomic E-state index is 8.88. The molecule has 4 heteroatoms. The number of benzene rings is 1. The normalized spacial score (nSPS) is 12.6. The van der Waals surface area contributed by atoms with E-state index in [4.69, 9.17) is 9.53 Å². The molecule has 94 valence electrons. The first-order chi connectivity index (χ1) is 8.01. The zero-order valence-electron chi connectivity index (χ0n) is 10.6. The largest absolute Gasteiger partial charge is 0.540 e. The molecule has 0 heterocycles. The van der Waals surface area contributed by atoms with E-state index in [2.05, 4.69) is 31.8 Å². The SMILES string of the molecule is C[Si](C)(C)O/C(=C\CCO)Sc1ccccc1. The van der Waals surface area contributed by atoms with Gasteiger partial charge in [0.1, 0.15) is 5.09 Å². The average Bonchev–Trinajstić information content (AvgIpc) is 2.25. The molecular formula is C13H20O2SSi. The number of hydrogen-bond donors (Lipinski definition) is 1. The van der Waals surface area contributed by atoms with Gasteiger partial charge in [0.05, 0.1) is 0 Å². The second-order valence-electron chi connectivity index (χ2n) is 4.66. The Hall–Kier alpha value is -0.713. The van der Waals surface area contributed by atoms with Crippen LogP contribution in [0.15, 0.2) is 46.4 Å². The Bertz CT molecular complexity index is 357. The van der Waals surface area contributed by atoms with Gasteiger partial charge in [-0.2, -0.15) is 0 Å². The molecule has 0 radical (unpaired) electrons. The molecule has 0 fully saturated rings. The Labute approximate surface area is 109 Å². The molecule has 0 saturated heterocycles. The highest BCUT2D eigenvalue weighted by Crippen LogP contribution is 2.29. The van der Waals surface area contributed by atoms with Gasteiger partial charge in [0.2, 0.25) is 8.32 Å². The van der Waals surface area contributed by atoms with Crippen LogP contribution in [-0.2, 0) is 4.43 Å². The van der Waals surface area contributed by atoms with Crippen molar-refractivity contribution in [1.82, 2.24) is 0 Å². The topological polar surface area (TPSA) is 29.5 Å². The van der Waals surface area contributed by atoms with Crippen LogP contribution < -0.4 is 0 Å². The Balaban J connectivity index is 2.71. The van der Waals surface area contributed by atoms with Crippen molar-refractivity contribution in [2.75, 3.05) is 6.61 Å². The molecule has 2 nitrogen and oxygen atoms in total. The van der Waals surface area contributed by atoms with Crippen LogP contribution in [0.1, 0.15) is 6.42 Å². The predicted molar refractivity (Wildman–Crippen MR) is 76.5 cm³/mol. The first kappa shape index (κ1) is 14.3. The summed E-state index contributed by atoms with van der Waals surface area (Å²) in [6.45, 7) is 6.63. The van der Waals surface area contributed by atoms with Crippen LogP contribution in [-0.4, -0.2) is 20.0 Å². The summed E-state index contributed by atoms with van der Waals surface area (Å²) in [5.74, 6) is 0. The number of aliphatic hydroxyl groups is 1. The maximum Gasteiger partial charge on any atom is 0.242 e. The molecule has 0 saturated carbocycles. The van der Waals surface area contributed by atoms with Crippen LogP contribution in [0.5, 0.6) is 0 Å². The lowest BCUT2D eigenvalue weighted by Gasteiger charge is -2.21. The van der Waals surface area contributed by atoms with Crippen molar-refractivity contribution in [3.63, 3.8) is 0 Å². The highest BCUT2D eigenvalue weighted by molar-refractivity contribution is 8.03. The summed E-state index contributed by atoms with van der Waals surface area (Å²) in [5.41, 5.74) is 0. The van der Waals surface area contributed by atoms with Crippen molar-refractivity contribution in [3.8, 4) is 0 Å². The number of thioether (sulfide) groups is 1. The van der Waals surface area contributed by atoms with Gasteiger partial charge in [-0.1, -0.05) is 30.0 Å². The van der Waals surface area contributed by atoms with Crippen molar-refractivity contribution in [2.24, 2.45) is 0 Å². The quantitative estimate of drug-likeness (QED) is 0.483. The van der Waals surface area contributed by atoms with Crippen molar-refractivity contribution in [2.45, 2.75) is 31.0 Å². The molecule has 0 atom stereocenters. The zero-order valence-corrected chi connectivity index (χ0v) is 12.5. The summed E-state index contributed by atoms with van der Waals surface area (Å²) in [6, 6.07) is 10.2. The van der Waals surface area contributed by atoms with Gasteiger partial charge >= 0.3 is 0 Å². The maximum absolute atomic E-state index is 8.88. The number of rotatable bonds is 6. The molecule has 0 aromatic heterocycles. The van der Waals surface area contributed by atoms with Gasteiger partial charge in [-0.3, -0.25) is 0 Å². The second-order valence-corrected chi connectivity index (χ2v) is 10.2. The Morgan fingerprint density at radius 1 is 1.29 bits per heavy atom. The number of hydrogen-bond acceptors (Lipinski definition) is 3.